The lowest BCUT2D eigenvalue weighted by Gasteiger charge is -2.13. The SMILES string of the molecule is O=C1CC(C(=O)Nc2cc(Cl)ccc2-n2cccn2)CN1. The Morgan fingerprint density at radius 3 is 3.00 bits per heavy atom. The van der Waals surface area contributed by atoms with E-state index in [9.17, 15) is 9.59 Å². The van der Waals surface area contributed by atoms with Gasteiger partial charge in [-0.25, -0.2) is 4.68 Å². The molecule has 2 heterocycles. The first-order valence-electron chi connectivity index (χ1n) is 6.50. The van der Waals surface area contributed by atoms with Crippen LogP contribution < -0.4 is 10.6 Å². The smallest absolute Gasteiger partial charge is 0.229 e. The molecule has 0 saturated carbocycles. The van der Waals surface area contributed by atoms with Crippen LogP contribution >= 0.6 is 11.6 Å². The summed E-state index contributed by atoms with van der Waals surface area (Å²) in [4.78, 5) is 23.4. The van der Waals surface area contributed by atoms with Gasteiger partial charge in [-0.2, -0.15) is 5.10 Å². The third-order valence-electron chi connectivity index (χ3n) is 3.32. The second-order valence-corrected chi connectivity index (χ2v) is 5.24. The molecule has 2 N–H and O–H groups in total. The zero-order chi connectivity index (χ0) is 14.8. The topological polar surface area (TPSA) is 76.0 Å². The van der Waals surface area contributed by atoms with Gasteiger partial charge in [0.05, 0.1) is 17.3 Å². The molecule has 1 aliphatic heterocycles. The largest absolute Gasteiger partial charge is 0.355 e. The van der Waals surface area contributed by atoms with Crippen LogP contribution in [0.5, 0.6) is 0 Å². The van der Waals surface area contributed by atoms with Crippen molar-refractivity contribution in [3.63, 3.8) is 0 Å². The van der Waals surface area contributed by atoms with Crippen LogP contribution in [0.15, 0.2) is 36.7 Å². The fourth-order valence-corrected chi connectivity index (χ4v) is 2.42. The molecule has 1 aliphatic rings. The first kappa shape index (κ1) is 13.6. The van der Waals surface area contributed by atoms with Crippen molar-refractivity contribution in [3.8, 4) is 5.69 Å². The summed E-state index contributed by atoms with van der Waals surface area (Å²) in [6, 6.07) is 6.97. The predicted molar refractivity (Wildman–Crippen MR) is 78.3 cm³/mol. The van der Waals surface area contributed by atoms with Crippen molar-refractivity contribution in [2.45, 2.75) is 6.42 Å². The van der Waals surface area contributed by atoms with Gasteiger partial charge < -0.3 is 10.6 Å². The summed E-state index contributed by atoms with van der Waals surface area (Å²) in [7, 11) is 0. The van der Waals surface area contributed by atoms with Crippen LogP contribution in [0.2, 0.25) is 5.02 Å². The van der Waals surface area contributed by atoms with E-state index in [4.69, 9.17) is 11.6 Å². The maximum absolute atomic E-state index is 12.2. The summed E-state index contributed by atoms with van der Waals surface area (Å²) in [6.07, 6.45) is 3.64. The molecule has 1 fully saturated rings. The van der Waals surface area contributed by atoms with Gasteiger partial charge in [0.25, 0.3) is 0 Å². The van der Waals surface area contributed by atoms with Gasteiger partial charge in [0.2, 0.25) is 11.8 Å². The maximum Gasteiger partial charge on any atom is 0.229 e. The molecule has 6 nitrogen and oxygen atoms in total. The molecule has 21 heavy (non-hydrogen) atoms. The lowest BCUT2D eigenvalue weighted by Crippen LogP contribution is -2.25. The third-order valence-corrected chi connectivity index (χ3v) is 3.55. The predicted octanol–water partition coefficient (Wildman–Crippen LogP) is 1.60. The quantitative estimate of drug-likeness (QED) is 0.904. The molecule has 108 valence electrons. The molecular weight excluding hydrogens is 292 g/mol. The Balaban J connectivity index is 1.86. The normalized spacial score (nSPS) is 17.6. The number of nitrogens with zero attached hydrogens (tertiary/aromatic N) is 2. The Bertz CT molecular complexity index is 684. The van der Waals surface area contributed by atoms with Crippen LogP contribution in [-0.4, -0.2) is 28.1 Å². The number of amides is 2. The summed E-state index contributed by atoms with van der Waals surface area (Å²) >= 11 is 6.00. The number of nitrogens with one attached hydrogen (secondary N) is 2. The highest BCUT2D eigenvalue weighted by Crippen LogP contribution is 2.25. The highest BCUT2D eigenvalue weighted by molar-refractivity contribution is 6.31. The Labute approximate surface area is 126 Å². The number of hydrogen-bond donors (Lipinski definition) is 2. The van der Waals surface area contributed by atoms with E-state index in [1.54, 1.807) is 41.3 Å². The molecule has 2 aromatic rings. The number of hydrogen-bond acceptors (Lipinski definition) is 3. The van der Waals surface area contributed by atoms with Crippen molar-refractivity contribution in [2.75, 3.05) is 11.9 Å². The van der Waals surface area contributed by atoms with Gasteiger partial charge in [-0.05, 0) is 24.3 Å². The van der Waals surface area contributed by atoms with Gasteiger partial charge in [0, 0.05) is 30.4 Å². The average Bonchev–Trinajstić information content (AvgIpc) is 3.10. The first-order chi connectivity index (χ1) is 10.1. The van der Waals surface area contributed by atoms with Crippen molar-refractivity contribution >= 4 is 29.1 Å². The van der Waals surface area contributed by atoms with E-state index < -0.39 is 0 Å². The van der Waals surface area contributed by atoms with E-state index in [-0.39, 0.29) is 24.2 Å². The number of rotatable bonds is 3. The van der Waals surface area contributed by atoms with Crippen LogP contribution in [-0.2, 0) is 9.59 Å². The molecule has 7 heteroatoms. The van der Waals surface area contributed by atoms with E-state index >= 15 is 0 Å². The minimum atomic E-state index is -0.359. The molecule has 2 amide bonds. The summed E-state index contributed by atoms with van der Waals surface area (Å²) in [6.45, 7) is 0.363. The van der Waals surface area contributed by atoms with Crippen LogP contribution in [0.1, 0.15) is 6.42 Å². The molecule has 0 bridgehead atoms. The average molecular weight is 305 g/mol. The summed E-state index contributed by atoms with van der Waals surface area (Å²) in [5.41, 5.74) is 1.28. The van der Waals surface area contributed by atoms with Crippen molar-refractivity contribution in [1.29, 1.82) is 0 Å². The number of carbonyl (C=O) groups is 2. The number of carbonyl (C=O) groups excluding carboxylic acids is 2. The number of benzene rings is 1. The number of anilines is 1. The highest BCUT2D eigenvalue weighted by atomic mass is 35.5. The van der Waals surface area contributed by atoms with Gasteiger partial charge in [-0.3, -0.25) is 9.59 Å². The van der Waals surface area contributed by atoms with Crippen LogP contribution in [0, 0.1) is 5.92 Å². The van der Waals surface area contributed by atoms with Crippen LogP contribution in [0.25, 0.3) is 5.69 Å². The fourth-order valence-electron chi connectivity index (χ4n) is 2.24. The highest BCUT2D eigenvalue weighted by Gasteiger charge is 2.28. The van der Waals surface area contributed by atoms with E-state index in [1.807, 2.05) is 0 Å². The molecule has 0 aliphatic carbocycles. The van der Waals surface area contributed by atoms with Crippen molar-refractivity contribution in [2.24, 2.45) is 5.92 Å². The zero-order valence-electron chi connectivity index (χ0n) is 11.0. The molecule has 1 unspecified atom stereocenters. The minimum Gasteiger partial charge on any atom is -0.355 e. The minimum absolute atomic E-state index is 0.103. The summed E-state index contributed by atoms with van der Waals surface area (Å²) in [5.74, 6) is -0.667. The van der Waals surface area contributed by atoms with E-state index in [0.717, 1.165) is 5.69 Å². The van der Waals surface area contributed by atoms with Gasteiger partial charge in [-0.15, -0.1) is 0 Å². The Morgan fingerprint density at radius 2 is 2.33 bits per heavy atom. The van der Waals surface area contributed by atoms with E-state index in [0.29, 0.717) is 17.3 Å². The van der Waals surface area contributed by atoms with Gasteiger partial charge in [-0.1, -0.05) is 11.6 Å². The third kappa shape index (κ3) is 2.90. The van der Waals surface area contributed by atoms with E-state index in [1.165, 1.54) is 0 Å². The summed E-state index contributed by atoms with van der Waals surface area (Å²) in [5, 5.41) is 10.1. The first-order valence-corrected chi connectivity index (χ1v) is 6.88. The monoisotopic (exact) mass is 304 g/mol. The second-order valence-electron chi connectivity index (χ2n) is 4.81. The molecule has 1 atom stereocenters. The van der Waals surface area contributed by atoms with E-state index in [2.05, 4.69) is 15.7 Å². The number of aromatic nitrogens is 2. The molecule has 3 rings (SSSR count). The number of halogens is 1. The van der Waals surface area contributed by atoms with Crippen molar-refractivity contribution < 1.29 is 9.59 Å². The molecule has 1 aromatic heterocycles. The molecule has 0 radical (unpaired) electrons. The van der Waals surface area contributed by atoms with Crippen molar-refractivity contribution in [1.82, 2.24) is 15.1 Å². The molecule has 1 saturated heterocycles. The van der Waals surface area contributed by atoms with Crippen LogP contribution in [0.3, 0.4) is 0 Å². The molecule has 1 aromatic carbocycles. The van der Waals surface area contributed by atoms with Gasteiger partial charge in [0.15, 0.2) is 0 Å². The zero-order valence-corrected chi connectivity index (χ0v) is 11.8. The standard InChI is InChI=1S/C14H13ClN4O2/c15-10-2-3-12(19-5-1-4-17-19)11(7-10)18-14(21)9-6-13(20)16-8-9/h1-5,7,9H,6,8H2,(H,16,20)(H,18,21). The van der Waals surface area contributed by atoms with Crippen molar-refractivity contribution in [3.05, 3.63) is 41.7 Å². The van der Waals surface area contributed by atoms with Gasteiger partial charge >= 0.3 is 0 Å². The Kier molecular flexibility index (Phi) is 3.62. The van der Waals surface area contributed by atoms with Gasteiger partial charge in [0.1, 0.15) is 0 Å². The molecular formula is C14H13ClN4O2. The summed E-state index contributed by atoms with van der Waals surface area (Å²) < 4.78 is 1.64. The Hall–Kier alpha value is -2.34. The maximum atomic E-state index is 12.2. The lowest BCUT2D eigenvalue weighted by molar-refractivity contribution is -0.123. The Morgan fingerprint density at radius 1 is 1.48 bits per heavy atom. The lowest BCUT2D eigenvalue weighted by atomic mass is 10.1. The molecule has 0 spiro atoms. The second kappa shape index (κ2) is 5.57. The van der Waals surface area contributed by atoms with Crippen LogP contribution in [0.4, 0.5) is 5.69 Å². The fraction of sp³-hybridized carbons (Fsp3) is 0.214.